The maximum Gasteiger partial charge on any atom is 0.0728 e. The van der Waals surface area contributed by atoms with Gasteiger partial charge in [-0.05, 0) is 46.0 Å². The van der Waals surface area contributed by atoms with E-state index in [1.807, 2.05) is 6.08 Å². The Morgan fingerprint density at radius 3 is 2.14 bits per heavy atom. The number of unbranched alkanes of at least 4 members (excludes halogenated alkanes) is 1. The second kappa shape index (κ2) is 6.55. The highest BCUT2D eigenvalue weighted by Crippen LogP contribution is 2.29. The molecule has 0 aromatic heterocycles. The third-order valence-electron chi connectivity index (χ3n) is 3.83. The van der Waals surface area contributed by atoms with Crippen LogP contribution in [-0.4, -0.2) is 6.61 Å². The van der Waals surface area contributed by atoms with Gasteiger partial charge in [-0.3, -0.25) is 0 Å². The monoisotopic (exact) mass is 276 g/mol. The van der Waals surface area contributed by atoms with Gasteiger partial charge in [0.2, 0.25) is 0 Å². The number of hydrogen-bond donors (Lipinski definition) is 0. The van der Waals surface area contributed by atoms with Crippen molar-refractivity contribution in [2.75, 3.05) is 6.61 Å². The Kier molecular flexibility index (Phi) is 4.32. The Hall–Kier alpha value is -2.12. The Morgan fingerprint density at radius 1 is 0.905 bits per heavy atom. The summed E-state index contributed by atoms with van der Waals surface area (Å²) >= 11 is 0. The molecule has 0 aliphatic carbocycles. The summed E-state index contributed by atoms with van der Waals surface area (Å²) in [5.41, 5.74) is 1.29. The third-order valence-corrected chi connectivity index (χ3v) is 3.83. The average Bonchev–Trinajstić information content (AvgIpc) is 2.53. The largest absolute Gasteiger partial charge is 0.377 e. The average molecular weight is 276 g/mol. The van der Waals surface area contributed by atoms with Crippen molar-refractivity contribution >= 4 is 21.5 Å². The molecule has 0 bridgehead atoms. The van der Waals surface area contributed by atoms with Crippen molar-refractivity contribution in [3.63, 3.8) is 0 Å². The summed E-state index contributed by atoms with van der Waals surface area (Å²) in [6, 6.07) is 19.3. The summed E-state index contributed by atoms with van der Waals surface area (Å²) < 4.78 is 5.89. The zero-order valence-corrected chi connectivity index (χ0v) is 12.2. The van der Waals surface area contributed by atoms with E-state index in [0.717, 1.165) is 19.4 Å². The molecule has 0 fully saturated rings. The van der Waals surface area contributed by atoms with Crippen LogP contribution in [0, 0.1) is 0 Å². The third kappa shape index (κ3) is 2.98. The molecule has 0 heterocycles. The van der Waals surface area contributed by atoms with E-state index in [0.29, 0.717) is 6.61 Å². The van der Waals surface area contributed by atoms with Crippen LogP contribution in [0.3, 0.4) is 0 Å². The molecule has 21 heavy (non-hydrogen) atoms. The highest BCUT2D eigenvalue weighted by atomic mass is 16.5. The molecule has 106 valence electrons. The van der Waals surface area contributed by atoms with Crippen LogP contribution in [0.25, 0.3) is 21.5 Å². The molecule has 0 aliphatic rings. The predicted octanol–water partition coefficient (Wildman–Crippen LogP) is 5.48. The number of hydrogen-bond acceptors (Lipinski definition) is 1. The van der Waals surface area contributed by atoms with Gasteiger partial charge in [-0.25, -0.2) is 0 Å². The van der Waals surface area contributed by atoms with E-state index >= 15 is 0 Å². The topological polar surface area (TPSA) is 9.23 Å². The van der Waals surface area contributed by atoms with Crippen LogP contribution in [0.15, 0.2) is 67.3 Å². The molecule has 3 aromatic rings. The minimum atomic E-state index is 0.666. The quantitative estimate of drug-likeness (QED) is 0.329. The first-order chi connectivity index (χ1) is 10.4. The Morgan fingerprint density at radius 2 is 1.52 bits per heavy atom. The summed E-state index contributed by atoms with van der Waals surface area (Å²) in [7, 11) is 0. The lowest BCUT2D eigenvalue weighted by molar-refractivity contribution is 0.121. The normalized spacial score (nSPS) is 11.0. The lowest BCUT2D eigenvalue weighted by Crippen LogP contribution is -1.97. The predicted molar refractivity (Wildman–Crippen MR) is 90.5 cm³/mol. The molecular formula is C20H20O. The highest BCUT2D eigenvalue weighted by molar-refractivity contribution is 6.02. The Bertz CT molecular complexity index is 704. The number of rotatable bonds is 6. The van der Waals surface area contributed by atoms with E-state index < -0.39 is 0 Å². The zero-order chi connectivity index (χ0) is 14.5. The molecule has 0 radical (unpaired) electrons. The van der Waals surface area contributed by atoms with Crippen molar-refractivity contribution in [1.29, 1.82) is 0 Å². The van der Waals surface area contributed by atoms with E-state index in [1.165, 1.54) is 27.1 Å². The molecular weight excluding hydrogens is 256 g/mol. The standard InChI is InChI=1S/C20H20O/c1-2-3-8-13-21-15-20-18-11-6-4-9-16(18)14-17-10-5-7-12-19(17)20/h2,4-7,9-12,14H,1,3,8,13,15H2. The van der Waals surface area contributed by atoms with Crippen molar-refractivity contribution < 1.29 is 4.74 Å². The number of fused-ring (bicyclic) bond motifs is 2. The first-order valence-corrected chi connectivity index (χ1v) is 7.48. The van der Waals surface area contributed by atoms with Gasteiger partial charge >= 0.3 is 0 Å². The SMILES string of the molecule is C=CCCCOCc1c2ccccc2cc2ccccc12. The van der Waals surface area contributed by atoms with E-state index in [2.05, 4.69) is 61.2 Å². The van der Waals surface area contributed by atoms with Crippen LogP contribution in [-0.2, 0) is 11.3 Å². The molecule has 0 unspecified atom stereocenters. The summed E-state index contributed by atoms with van der Waals surface area (Å²) in [5, 5.41) is 5.14. The van der Waals surface area contributed by atoms with Crippen molar-refractivity contribution in [2.45, 2.75) is 19.4 Å². The van der Waals surface area contributed by atoms with Gasteiger partial charge in [-0.15, -0.1) is 6.58 Å². The lowest BCUT2D eigenvalue weighted by Gasteiger charge is -2.12. The minimum Gasteiger partial charge on any atom is -0.377 e. The van der Waals surface area contributed by atoms with Crippen LogP contribution in [0.4, 0.5) is 0 Å². The van der Waals surface area contributed by atoms with Gasteiger partial charge in [-0.2, -0.15) is 0 Å². The van der Waals surface area contributed by atoms with Gasteiger partial charge in [0.1, 0.15) is 0 Å². The summed E-state index contributed by atoms with van der Waals surface area (Å²) in [4.78, 5) is 0. The zero-order valence-electron chi connectivity index (χ0n) is 12.2. The van der Waals surface area contributed by atoms with Gasteiger partial charge < -0.3 is 4.74 Å². The Balaban J connectivity index is 1.97. The van der Waals surface area contributed by atoms with E-state index in [-0.39, 0.29) is 0 Å². The van der Waals surface area contributed by atoms with Gasteiger partial charge in [0.25, 0.3) is 0 Å². The van der Waals surface area contributed by atoms with Crippen molar-refractivity contribution in [1.82, 2.24) is 0 Å². The molecule has 0 aliphatic heterocycles. The lowest BCUT2D eigenvalue weighted by atomic mass is 9.97. The van der Waals surface area contributed by atoms with E-state index in [1.54, 1.807) is 0 Å². The van der Waals surface area contributed by atoms with Crippen LogP contribution in [0.1, 0.15) is 18.4 Å². The van der Waals surface area contributed by atoms with E-state index in [4.69, 9.17) is 4.74 Å². The number of ether oxygens (including phenoxy) is 1. The van der Waals surface area contributed by atoms with Crippen molar-refractivity contribution in [3.05, 3.63) is 72.8 Å². The number of benzene rings is 3. The highest BCUT2D eigenvalue weighted by Gasteiger charge is 2.07. The minimum absolute atomic E-state index is 0.666. The molecule has 0 saturated heterocycles. The fourth-order valence-corrected chi connectivity index (χ4v) is 2.77. The molecule has 0 spiro atoms. The van der Waals surface area contributed by atoms with Crippen LogP contribution in [0.2, 0.25) is 0 Å². The van der Waals surface area contributed by atoms with Gasteiger partial charge in [0, 0.05) is 6.61 Å². The molecule has 0 saturated carbocycles. The van der Waals surface area contributed by atoms with Crippen molar-refractivity contribution in [3.8, 4) is 0 Å². The summed E-state index contributed by atoms with van der Waals surface area (Å²) in [6.07, 6.45) is 3.99. The van der Waals surface area contributed by atoms with Crippen LogP contribution in [0.5, 0.6) is 0 Å². The molecule has 1 heteroatoms. The number of allylic oxidation sites excluding steroid dienone is 1. The first kappa shape index (κ1) is 13.8. The van der Waals surface area contributed by atoms with Crippen molar-refractivity contribution in [2.24, 2.45) is 0 Å². The van der Waals surface area contributed by atoms with Crippen LogP contribution >= 0.6 is 0 Å². The van der Waals surface area contributed by atoms with E-state index in [9.17, 15) is 0 Å². The van der Waals surface area contributed by atoms with Gasteiger partial charge in [0.15, 0.2) is 0 Å². The molecule has 1 nitrogen and oxygen atoms in total. The molecule has 0 atom stereocenters. The maximum atomic E-state index is 5.89. The molecule has 3 rings (SSSR count). The smallest absolute Gasteiger partial charge is 0.0728 e. The fraction of sp³-hybridized carbons (Fsp3) is 0.200. The summed E-state index contributed by atoms with van der Waals surface area (Å²) in [6.45, 7) is 5.19. The first-order valence-electron chi connectivity index (χ1n) is 7.48. The second-order valence-electron chi connectivity index (χ2n) is 5.28. The maximum absolute atomic E-state index is 5.89. The molecule has 0 amide bonds. The second-order valence-corrected chi connectivity index (χ2v) is 5.28. The molecule has 3 aromatic carbocycles. The van der Waals surface area contributed by atoms with Gasteiger partial charge in [-0.1, -0.05) is 54.6 Å². The molecule has 0 N–H and O–H groups in total. The summed E-state index contributed by atoms with van der Waals surface area (Å²) in [5.74, 6) is 0. The van der Waals surface area contributed by atoms with Crippen LogP contribution < -0.4 is 0 Å². The Labute approximate surface area is 125 Å². The van der Waals surface area contributed by atoms with Gasteiger partial charge in [0.05, 0.1) is 6.61 Å². The fourth-order valence-electron chi connectivity index (χ4n) is 2.77.